The van der Waals surface area contributed by atoms with Crippen LogP contribution in [0.15, 0.2) is 77.3 Å². The van der Waals surface area contributed by atoms with E-state index in [9.17, 15) is 18.0 Å². The van der Waals surface area contributed by atoms with Gasteiger partial charge in [-0.2, -0.15) is 0 Å². The number of nitrogens with one attached hydrogen (secondary N) is 1. The first-order chi connectivity index (χ1) is 18.0. The highest BCUT2D eigenvalue weighted by Crippen LogP contribution is 2.31. The van der Waals surface area contributed by atoms with Gasteiger partial charge < -0.3 is 10.2 Å². The van der Waals surface area contributed by atoms with Gasteiger partial charge in [-0.1, -0.05) is 81.6 Å². The van der Waals surface area contributed by atoms with Gasteiger partial charge in [-0.25, -0.2) is 8.42 Å². The minimum atomic E-state index is -3.95. The van der Waals surface area contributed by atoms with Crippen LogP contribution >= 0.6 is 39.1 Å². The largest absolute Gasteiger partial charge is 0.355 e. The van der Waals surface area contributed by atoms with Gasteiger partial charge in [0.15, 0.2) is 0 Å². The van der Waals surface area contributed by atoms with E-state index >= 15 is 0 Å². The smallest absolute Gasteiger partial charge is 0.244 e. The molecular weight excluding hydrogens is 613 g/mol. The third-order valence-electron chi connectivity index (χ3n) is 5.72. The summed E-state index contributed by atoms with van der Waals surface area (Å²) < 4.78 is 27.4. The zero-order valence-electron chi connectivity index (χ0n) is 20.9. The van der Waals surface area contributed by atoms with E-state index in [0.717, 1.165) is 26.2 Å². The van der Waals surface area contributed by atoms with Crippen LogP contribution in [0.1, 0.15) is 18.1 Å². The molecule has 0 saturated heterocycles. The Bertz CT molecular complexity index is 1390. The molecule has 3 rings (SSSR count). The second kappa shape index (κ2) is 13.5. The normalized spacial score (nSPS) is 12.0. The number of hydrogen-bond acceptors (Lipinski definition) is 4. The van der Waals surface area contributed by atoms with Crippen LogP contribution in [-0.2, 0) is 32.6 Å². The molecule has 202 valence electrons. The van der Waals surface area contributed by atoms with Crippen molar-refractivity contribution in [1.29, 1.82) is 0 Å². The standard InChI is InChI=1S/C27H28BrCl2N3O4S/c1-3-31-27(35)25(15-19-8-5-4-6-9-19)32(17-20-10-7-11-21(28)14-20)26(34)18-33(38(2,36)37)24-16-22(29)12-13-23(24)30/h4-14,16,25H,3,15,17-18H2,1-2H3,(H,31,35)/t25-/m0/s1. The molecule has 1 N–H and O–H groups in total. The summed E-state index contributed by atoms with van der Waals surface area (Å²) in [6.07, 6.45) is 1.23. The van der Waals surface area contributed by atoms with Gasteiger partial charge in [0.1, 0.15) is 12.6 Å². The Hall–Kier alpha value is -2.59. The summed E-state index contributed by atoms with van der Waals surface area (Å²) in [5.41, 5.74) is 1.70. The van der Waals surface area contributed by atoms with Gasteiger partial charge >= 0.3 is 0 Å². The molecule has 11 heteroatoms. The van der Waals surface area contributed by atoms with Crippen LogP contribution in [0.25, 0.3) is 0 Å². The number of sulfonamides is 1. The van der Waals surface area contributed by atoms with E-state index in [2.05, 4.69) is 21.2 Å². The van der Waals surface area contributed by atoms with E-state index < -0.39 is 28.5 Å². The van der Waals surface area contributed by atoms with Crippen molar-refractivity contribution in [2.45, 2.75) is 25.9 Å². The predicted octanol–water partition coefficient (Wildman–Crippen LogP) is 5.30. The SMILES string of the molecule is CCNC(=O)[C@H](Cc1ccccc1)N(Cc1cccc(Br)c1)C(=O)CN(c1cc(Cl)ccc1Cl)S(C)(=O)=O. The van der Waals surface area contributed by atoms with Crippen LogP contribution in [0.5, 0.6) is 0 Å². The molecule has 0 bridgehead atoms. The monoisotopic (exact) mass is 639 g/mol. The molecule has 38 heavy (non-hydrogen) atoms. The lowest BCUT2D eigenvalue weighted by Crippen LogP contribution is -2.53. The van der Waals surface area contributed by atoms with Crippen LogP contribution in [-0.4, -0.2) is 50.5 Å². The van der Waals surface area contributed by atoms with Crippen molar-refractivity contribution in [1.82, 2.24) is 10.2 Å². The van der Waals surface area contributed by atoms with Crippen molar-refractivity contribution < 1.29 is 18.0 Å². The fraction of sp³-hybridized carbons (Fsp3) is 0.259. The molecule has 7 nitrogen and oxygen atoms in total. The third-order valence-corrected chi connectivity index (χ3v) is 7.89. The van der Waals surface area contributed by atoms with E-state index in [4.69, 9.17) is 23.2 Å². The number of benzene rings is 3. The molecule has 0 fully saturated rings. The lowest BCUT2D eigenvalue weighted by atomic mass is 10.0. The molecule has 0 aliphatic carbocycles. The van der Waals surface area contributed by atoms with Crippen molar-refractivity contribution in [2.24, 2.45) is 0 Å². The Kier molecular flexibility index (Phi) is 10.6. The molecule has 2 amide bonds. The van der Waals surface area contributed by atoms with Crippen molar-refractivity contribution in [3.8, 4) is 0 Å². The topological polar surface area (TPSA) is 86.8 Å². The lowest BCUT2D eigenvalue weighted by molar-refractivity contribution is -0.140. The second-order valence-corrected chi connectivity index (χ2v) is 12.3. The van der Waals surface area contributed by atoms with E-state index in [1.807, 2.05) is 54.6 Å². The molecule has 0 unspecified atom stereocenters. The number of hydrogen-bond donors (Lipinski definition) is 1. The zero-order chi connectivity index (χ0) is 27.9. The van der Waals surface area contributed by atoms with Gasteiger partial charge in [0.2, 0.25) is 21.8 Å². The molecule has 0 aromatic heterocycles. The molecule has 3 aromatic rings. The number of rotatable bonds is 11. The van der Waals surface area contributed by atoms with Gasteiger partial charge in [-0.15, -0.1) is 0 Å². The van der Waals surface area contributed by atoms with Crippen LogP contribution in [0.4, 0.5) is 5.69 Å². The van der Waals surface area contributed by atoms with E-state index in [-0.39, 0.29) is 34.6 Å². The summed E-state index contributed by atoms with van der Waals surface area (Å²) in [5, 5.41) is 3.20. The van der Waals surface area contributed by atoms with Crippen molar-refractivity contribution in [2.75, 3.05) is 23.7 Å². The van der Waals surface area contributed by atoms with Gasteiger partial charge in [0.05, 0.1) is 17.0 Å². The highest BCUT2D eigenvalue weighted by atomic mass is 79.9. The number of carbonyl (C=O) groups is 2. The summed E-state index contributed by atoms with van der Waals surface area (Å²) in [7, 11) is -3.95. The van der Waals surface area contributed by atoms with Crippen molar-refractivity contribution >= 4 is 66.7 Å². The van der Waals surface area contributed by atoms with Gasteiger partial charge in [0.25, 0.3) is 0 Å². The fourth-order valence-corrected chi connectivity index (χ4v) is 5.69. The number of amides is 2. The number of anilines is 1. The molecule has 0 spiro atoms. The minimum absolute atomic E-state index is 0.0772. The first-order valence-electron chi connectivity index (χ1n) is 11.8. The van der Waals surface area contributed by atoms with E-state index in [1.54, 1.807) is 6.92 Å². The van der Waals surface area contributed by atoms with Gasteiger partial charge in [-0.05, 0) is 48.4 Å². The third kappa shape index (κ3) is 8.20. The molecule has 0 saturated carbocycles. The van der Waals surface area contributed by atoms with Crippen molar-refractivity contribution in [3.63, 3.8) is 0 Å². The number of halogens is 3. The average molecular weight is 641 g/mol. The molecule has 1 atom stereocenters. The van der Waals surface area contributed by atoms with Crippen LogP contribution in [0.3, 0.4) is 0 Å². The maximum Gasteiger partial charge on any atom is 0.244 e. The maximum absolute atomic E-state index is 14.0. The summed E-state index contributed by atoms with van der Waals surface area (Å²) >= 11 is 15.9. The molecule has 0 heterocycles. The van der Waals surface area contributed by atoms with Crippen molar-refractivity contribution in [3.05, 3.63) is 98.4 Å². The van der Waals surface area contributed by atoms with E-state index in [1.165, 1.54) is 23.1 Å². The summed E-state index contributed by atoms with van der Waals surface area (Å²) in [6, 6.07) is 20.2. The number of carbonyl (C=O) groups excluding carboxylic acids is 2. The zero-order valence-corrected chi connectivity index (χ0v) is 24.8. The lowest BCUT2D eigenvalue weighted by Gasteiger charge is -2.33. The number of nitrogens with zero attached hydrogens (tertiary/aromatic N) is 2. The van der Waals surface area contributed by atoms with Crippen LogP contribution in [0.2, 0.25) is 10.0 Å². The maximum atomic E-state index is 14.0. The Morgan fingerprint density at radius 2 is 1.66 bits per heavy atom. The van der Waals surface area contributed by atoms with E-state index in [0.29, 0.717) is 6.54 Å². The van der Waals surface area contributed by atoms with Gasteiger partial charge in [-0.3, -0.25) is 13.9 Å². The molecule has 0 aliphatic heterocycles. The van der Waals surface area contributed by atoms with Crippen LogP contribution < -0.4 is 9.62 Å². The molecular formula is C27H28BrCl2N3O4S. The first-order valence-corrected chi connectivity index (χ1v) is 15.2. The summed E-state index contributed by atoms with van der Waals surface area (Å²) in [6.45, 7) is 1.67. The Morgan fingerprint density at radius 3 is 2.29 bits per heavy atom. The fourth-order valence-electron chi connectivity index (χ4n) is 3.95. The minimum Gasteiger partial charge on any atom is -0.355 e. The Morgan fingerprint density at radius 1 is 0.974 bits per heavy atom. The molecule has 0 radical (unpaired) electrons. The number of likely N-dealkylation sites (N-methyl/N-ethyl adjacent to an activating group) is 1. The summed E-state index contributed by atoms with van der Waals surface area (Å²) in [5.74, 6) is -0.912. The Balaban J connectivity index is 2.07. The highest BCUT2D eigenvalue weighted by Gasteiger charge is 2.33. The molecule has 0 aliphatic rings. The van der Waals surface area contributed by atoms with Gasteiger partial charge in [0, 0.05) is 29.0 Å². The highest BCUT2D eigenvalue weighted by molar-refractivity contribution is 9.10. The summed E-state index contributed by atoms with van der Waals surface area (Å²) in [4.78, 5) is 28.7. The Labute approximate surface area is 241 Å². The van der Waals surface area contributed by atoms with Crippen LogP contribution in [0, 0.1) is 0 Å². The predicted molar refractivity (Wildman–Crippen MR) is 156 cm³/mol. The first kappa shape index (κ1) is 30.0. The average Bonchev–Trinajstić information content (AvgIpc) is 2.86. The quantitative estimate of drug-likeness (QED) is 0.308. The second-order valence-electron chi connectivity index (χ2n) is 8.62. The molecule has 3 aromatic carbocycles.